The minimum Gasteiger partial charge on any atom is -0.330 e. The number of nitrogens with one attached hydrogen (secondary N) is 1. The van der Waals surface area contributed by atoms with Gasteiger partial charge in [-0.15, -0.1) is 0 Å². The Bertz CT molecular complexity index is 233. The van der Waals surface area contributed by atoms with Gasteiger partial charge in [0.2, 0.25) is 0 Å². The molecule has 0 aliphatic rings. The van der Waals surface area contributed by atoms with E-state index in [4.69, 9.17) is 5.73 Å². The Balaban J connectivity index is 2.46. The maximum atomic E-state index is 5.75. The van der Waals surface area contributed by atoms with Crippen LogP contribution in [0.25, 0.3) is 0 Å². The molecule has 0 fully saturated rings. The van der Waals surface area contributed by atoms with Crippen molar-refractivity contribution in [2.75, 3.05) is 19.6 Å². The summed E-state index contributed by atoms with van der Waals surface area (Å²) in [7, 11) is 0. The highest BCUT2D eigenvalue weighted by molar-refractivity contribution is 5.20. The van der Waals surface area contributed by atoms with Crippen LogP contribution in [0.5, 0.6) is 0 Å². The molecule has 1 unspecified atom stereocenters. The van der Waals surface area contributed by atoms with E-state index in [1.54, 1.807) is 0 Å². The van der Waals surface area contributed by atoms with Gasteiger partial charge in [0.25, 0.3) is 0 Å². The Hall–Kier alpha value is -0.860. The molecule has 0 aliphatic heterocycles. The summed E-state index contributed by atoms with van der Waals surface area (Å²) in [6.07, 6.45) is 1.17. The van der Waals surface area contributed by atoms with Crippen molar-refractivity contribution in [3.8, 4) is 0 Å². The van der Waals surface area contributed by atoms with Crippen molar-refractivity contribution in [1.82, 2.24) is 5.32 Å². The molecule has 0 bridgehead atoms. The molecule has 1 aromatic carbocycles. The molecule has 0 amide bonds. The summed E-state index contributed by atoms with van der Waals surface area (Å²) in [5.41, 5.74) is 7.08. The van der Waals surface area contributed by atoms with E-state index in [-0.39, 0.29) is 0 Å². The highest BCUT2D eigenvalue weighted by atomic mass is 14.9. The quantitative estimate of drug-likeness (QED) is 0.674. The maximum absolute atomic E-state index is 5.75. The van der Waals surface area contributed by atoms with Crippen molar-refractivity contribution < 1.29 is 0 Å². The topological polar surface area (TPSA) is 38.0 Å². The Morgan fingerprint density at radius 3 is 2.57 bits per heavy atom. The molecule has 0 radical (unpaired) electrons. The first-order valence-electron chi connectivity index (χ1n) is 5.34. The van der Waals surface area contributed by atoms with Crippen LogP contribution >= 0.6 is 0 Å². The third-order valence-electron chi connectivity index (χ3n) is 2.37. The second kappa shape index (κ2) is 6.57. The molecule has 14 heavy (non-hydrogen) atoms. The fourth-order valence-electron chi connectivity index (χ4n) is 1.52. The zero-order chi connectivity index (χ0) is 10.2. The van der Waals surface area contributed by atoms with E-state index < -0.39 is 0 Å². The first kappa shape index (κ1) is 11.2. The van der Waals surface area contributed by atoms with Crippen molar-refractivity contribution in [3.63, 3.8) is 0 Å². The Kier molecular flexibility index (Phi) is 5.27. The fourth-order valence-corrected chi connectivity index (χ4v) is 1.52. The number of rotatable bonds is 6. The Morgan fingerprint density at radius 2 is 2.00 bits per heavy atom. The van der Waals surface area contributed by atoms with Crippen molar-refractivity contribution in [2.24, 2.45) is 5.73 Å². The molecule has 78 valence electrons. The maximum Gasteiger partial charge on any atom is 0.00863 e. The molecule has 0 saturated heterocycles. The monoisotopic (exact) mass is 192 g/mol. The lowest BCUT2D eigenvalue weighted by atomic mass is 9.99. The van der Waals surface area contributed by atoms with Gasteiger partial charge < -0.3 is 11.1 Å². The average molecular weight is 192 g/mol. The highest BCUT2D eigenvalue weighted by Gasteiger charge is 2.07. The first-order chi connectivity index (χ1) is 6.88. The number of benzene rings is 1. The van der Waals surface area contributed by atoms with Crippen LogP contribution in [0.15, 0.2) is 30.3 Å². The van der Waals surface area contributed by atoms with Gasteiger partial charge in [0.1, 0.15) is 0 Å². The first-order valence-corrected chi connectivity index (χ1v) is 5.34. The lowest BCUT2D eigenvalue weighted by Crippen LogP contribution is -2.27. The van der Waals surface area contributed by atoms with Gasteiger partial charge in [-0.3, -0.25) is 0 Å². The SMILES string of the molecule is CCCNCC(CN)c1ccccc1. The molecule has 0 aliphatic carbocycles. The number of hydrogen-bond donors (Lipinski definition) is 2. The molecule has 2 heteroatoms. The molecule has 3 N–H and O–H groups in total. The fraction of sp³-hybridized carbons (Fsp3) is 0.500. The van der Waals surface area contributed by atoms with Gasteiger partial charge in [-0.05, 0) is 18.5 Å². The predicted molar refractivity (Wildman–Crippen MR) is 61.4 cm³/mol. The second-order valence-corrected chi connectivity index (χ2v) is 3.55. The van der Waals surface area contributed by atoms with Crippen molar-refractivity contribution in [2.45, 2.75) is 19.3 Å². The third kappa shape index (κ3) is 3.48. The lowest BCUT2D eigenvalue weighted by molar-refractivity contribution is 0.585. The van der Waals surface area contributed by atoms with E-state index in [1.165, 1.54) is 12.0 Å². The summed E-state index contributed by atoms with van der Waals surface area (Å²) >= 11 is 0. The predicted octanol–water partition coefficient (Wildman–Crippen LogP) is 1.73. The van der Waals surface area contributed by atoms with Crippen LogP contribution in [0.4, 0.5) is 0 Å². The van der Waals surface area contributed by atoms with Gasteiger partial charge in [0.15, 0.2) is 0 Å². The summed E-state index contributed by atoms with van der Waals surface area (Å²) in [5.74, 6) is 0.447. The van der Waals surface area contributed by atoms with E-state index >= 15 is 0 Å². The van der Waals surface area contributed by atoms with Gasteiger partial charge in [0.05, 0.1) is 0 Å². The molecular formula is C12H20N2. The van der Waals surface area contributed by atoms with Gasteiger partial charge >= 0.3 is 0 Å². The van der Waals surface area contributed by atoms with E-state index in [2.05, 4.69) is 36.5 Å². The van der Waals surface area contributed by atoms with Crippen LogP contribution in [0.2, 0.25) is 0 Å². The summed E-state index contributed by atoms with van der Waals surface area (Å²) in [5, 5.41) is 3.40. The molecular weight excluding hydrogens is 172 g/mol. The molecule has 2 nitrogen and oxygen atoms in total. The van der Waals surface area contributed by atoms with Gasteiger partial charge in [-0.2, -0.15) is 0 Å². The Morgan fingerprint density at radius 1 is 1.29 bits per heavy atom. The highest BCUT2D eigenvalue weighted by Crippen LogP contribution is 2.12. The molecule has 0 saturated carbocycles. The van der Waals surface area contributed by atoms with Gasteiger partial charge in [0, 0.05) is 19.0 Å². The van der Waals surface area contributed by atoms with Gasteiger partial charge in [-0.1, -0.05) is 37.3 Å². The van der Waals surface area contributed by atoms with E-state index in [9.17, 15) is 0 Å². The largest absolute Gasteiger partial charge is 0.330 e. The van der Waals surface area contributed by atoms with Crippen LogP contribution in [0.3, 0.4) is 0 Å². The van der Waals surface area contributed by atoms with Crippen LogP contribution < -0.4 is 11.1 Å². The second-order valence-electron chi connectivity index (χ2n) is 3.55. The minimum atomic E-state index is 0.447. The van der Waals surface area contributed by atoms with Crippen molar-refractivity contribution >= 4 is 0 Å². The van der Waals surface area contributed by atoms with Gasteiger partial charge in [-0.25, -0.2) is 0 Å². The summed E-state index contributed by atoms with van der Waals surface area (Å²) in [6.45, 7) is 4.94. The minimum absolute atomic E-state index is 0.447. The summed E-state index contributed by atoms with van der Waals surface area (Å²) in [4.78, 5) is 0. The normalized spacial score (nSPS) is 12.7. The summed E-state index contributed by atoms with van der Waals surface area (Å²) < 4.78 is 0. The van der Waals surface area contributed by atoms with Crippen LogP contribution in [-0.2, 0) is 0 Å². The standard InChI is InChI=1S/C12H20N2/c1-2-8-14-10-12(9-13)11-6-4-3-5-7-11/h3-7,12,14H,2,8-10,13H2,1H3. The molecule has 0 aromatic heterocycles. The van der Waals surface area contributed by atoms with Crippen molar-refractivity contribution in [1.29, 1.82) is 0 Å². The lowest BCUT2D eigenvalue weighted by Gasteiger charge is -2.15. The average Bonchev–Trinajstić information content (AvgIpc) is 2.26. The number of nitrogens with two attached hydrogens (primary N) is 1. The molecule has 1 rings (SSSR count). The molecule has 0 heterocycles. The smallest absolute Gasteiger partial charge is 0.00863 e. The molecule has 0 spiro atoms. The summed E-state index contributed by atoms with van der Waals surface area (Å²) in [6, 6.07) is 10.5. The van der Waals surface area contributed by atoms with E-state index in [1.807, 2.05) is 6.07 Å². The zero-order valence-corrected chi connectivity index (χ0v) is 8.87. The van der Waals surface area contributed by atoms with Crippen molar-refractivity contribution in [3.05, 3.63) is 35.9 Å². The number of hydrogen-bond acceptors (Lipinski definition) is 2. The molecule has 1 aromatic rings. The molecule has 1 atom stereocenters. The van der Waals surface area contributed by atoms with Crippen LogP contribution in [0.1, 0.15) is 24.8 Å². The third-order valence-corrected chi connectivity index (χ3v) is 2.37. The zero-order valence-electron chi connectivity index (χ0n) is 8.87. The van der Waals surface area contributed by atoms with E-state index in [0.29, 0.717) is 12.5 Å². The Labute approximate surface area is 86.5 Å². The van der Waals surface area contributed by atoms with E-state index in [0.717, 1.165) is 13.1 Å². The van der Waals surface area contributed by atoms with Crippen LogP contribution in [0, 0.1) is 0 Å². The van der Waals surface area contributed by atoms with Crippen LogP contribution in [-0.4, -0.2) is 19.6 Å².